The Bertz CT molecular complexity index is 1360. The lowest BCUT2D eigenvalue weighted by molar-refractivity contribution is 0.102. The van der Waals surface area contributed by atoms with Crippen molar-refractivity contribution in [3.63, 3.8) is 0 Å². The van der Waals surface area contributed by atoms with E-state index in [0.717, 1.165) is 16.3 Å². The van der Waals surface area contributed by atoms with Crippen molar-refractivity contribution in [3.05, 3.63) is 96.8 Å². The number of nitrogens with zero attached hydrogens (tertiary/aromatic N) is 2. The molecule has 0 aliphatic rings. The van der Waals surface area contributed by atoms with Gasteiger partial charge in [0.15, 0.2) is 0 Å². The summed E-state index contributed by atoms with van der Waals surface area (Å²) in [5.74, 6) is 0.514. The lowest BCUT2D eigenvalue weighted by Crippen LogP contribution is -2.11. The molecule has 0 saturated carbocycles. The third-order valence-corrected chi connectivity index (χ3v) is 6.07. The quantitative estimate of drug-likeness (QED) is 0.296. The van der Waals surface area contributed by atoms with E-state index < -0.39 is 0 Å². The van der Waals surface area contributed by atoms with E-state index in [0.29, 0.717) is 22.8 Å². The van der Waals surface area contributed by atoms with Gasteiger partial charge in [-0.2, -0.15) is 0 Å². The lowest BCUT2D eigenvalue weighted by atomic mass is 10.2. The minimum Gasteiger partial charge on any atom is -0.399 e. The van der Waals surface area contributed by atoms with Crippen LogP contribution in [0.3, 0.4) is 0 Å². The molecule has 0 aliphatic heterocycles. The van der Waals surface area contributed by atoms with Crippen LogP contribution in [0, 0.1) is 0 Å². The Kier molecular flexibility index (Phi) is 5.23. The predicted octanol–water partition coefficient (Wildman–Crippen LogP) is 5.94. The Hall–Kier alpha value is -4.23. The second-order valence-electron chi connectivity index (χ2n) is 7.22. The first-order valence-corrected chi connectivity index (χ1v) is 10.8. The number of nitrogens with two attached hydrogens (primary N) is 1. The highest BCUT2D eigenvalue weighted by Crippen LogP contribution is 2.33. The molecule has 3 aromatic carbocycles. The van der Waals surface area contributed by atoms with Crippen molar-refractivity contribution in [2.45, 2.75) is 0 Å². The average Bonchev–Trinajstić information content (AvgIpc) is 3.25. The monoisotopic (exact) mass is 437 g/mol. The van der Waals surface area contributed by atoms with E-state index in [1.165, 1.54) is 10.1 Å². The molecule has 0 fully saturated rings. The van der Waals surface area contributed by atoms with Crippen LogP contribution in [0.15, 0.2) is 91.3 Å². The van der Waals surface area contributed by atoms with E-state index >= 15 is 0 Å². The van der Waals surface area contributed by atoms with E-state index in [4.69, 9.17) is 5.73 Å². The minimum absolute atomic E-state index is 0.186. The fourth-order valence-electron chi connectivity index (χ4n) is 3.29. The number of carbonyl (C=O) groups excluding carboxylic acids is 1. The van der Waals surface area contributed by atoms with E-state index in [-0.39, 0.29) is 5.91 Å². The van der Waals surface area contributed by atoms with Gasteiger partial charge in [0.2, 0.25) is 0 Å². The van der Waals surface area contributed by atoms with Crippen LogP contribution in [0.2, 0.25) is 0 Å². The number of nitrogen functional groups attached to an aromatic ring is 1. The van der Waals surface area contributed by atoms with Gasteiger partial charge in [-0.15, -0.1) is 11.3 Å². The number of thiophene rings is 1. The van der Waals surface area contributed by atoms with Crippen molar-refractivity contribution in [1.29, 1.82) is 0 Å². The average molecular weight is 438 g/mol. The molecule has 32 heavy (non-hydrogen) atoms. The summed E-state index contributed by atoms with van der Waals surface area (Å²) >= 11 is 1.71. The summed E-state index contributed by atoms with van der Waals surface area (Å²) in [5, 5.41) is 7.38. The molecule has 5 aromatic rings. The maximum absolute atomic E-state index is 12.4. The highest BCUT2D eigenvalue weighted by Gasteiger charge is 2.08. The Morgan fingerprint density at radius 1 is 0.844 bits per heavy atom. The third kappa shape index (κ3) is 4.28. The molecule has 6 nitrogen and oxygen atoms in total. The fraction of sp³-hybridized carbons (Fsp3) is 0. The molecule has 2 heterocycles. The van der Waals surface area contributed by atoms with E-state index in [1.807, 2.05) is 42.5 Å². The fourth-order valence-corrected chi connectivity index (χ4v) is 4.32. The van der Waals surface area contributed by atoms with Crippen molar-refractivity contribution >= 4 is 50.2 Å². The molecule has 4 N–H and O–H groups in total. The number of hydrogen-bond donors (Lipinski definition) is 3. The van der Waals surface area contributed by atoms with Crippen LogP contribution in [-0.2, 0) is 0 Å². The number of anilines is 4. The molecule has 5 rings (SSSR count). The largest absolute Gasteiger partial charge is 0.399 e. The Balaban J connectivity index is 1.29. The van der Waals surface area contributed by atoms with Crippen molar-refractivity contribution in [2.24, 2.45) is 0 Å². The number of amides is 1. The topological polar surface area (TPSA) is 92.9 Å². The van der Waals surface area contributed by atoms with Crippen molar-refractivity contribution in [1.82, 2.24) is 9.97 Å². The lowest BCUT2D eigenvalue weighted by Gasteiger charge is -2.09. The molecule has 0 aliphatic carbocycles. The first-order chi connectivity index (χ1) is 15.6. The maximum Gasteiger partial charge on any atom is 0.255 e. The number of rotatable bonds is 5. The summed E-state index contributed by atoms with van der Waals surface area (Å²) in [5.41, 5.74) is 9.28. The van der Waals surface area contributed by atoms with Gasteiger partial charge in [0, 0.05) is 33.4 Å². The van der Waals surface area contributed by atoms with Gasteiger partial charge in [-0.3, -0.25) is 4.79 Å². The van der Waals surface area contributed by atoms with Crippen LogP contribution in [0.5, 0.6) is 0 Å². The molecular formula is C25H19N5OS. The molecule has 156 valence electrons. The van der Waals surface area contributed by atoms with E-state index in [2.05, 4.69) is 38.8 Å². The van der Waals surface area contributed by atoms with Gasteiger partial charge in [0.05, 0.1) is 10.6 Å². The van der Waals surface area contributed by atoms with Gasteiger partial charge in [-0.1, -0.05) is 18.2 Å². The van der Waals surface area contributed by atoms with Crippen LogP contribution in [-0.4, -0.2) is 15.9 Å². The van der Waals surface area contributed by atoms with E-state index in [1.54, 1.807) is 41.9 Å². The van der Waals surface area contributed by atoms with Crippen LogP contribution >= 0.6 is 11.3 Å². The number of hydrogen-bond acceptors (Lipinski definition) is 6. The molecular weight excluding hydrogens is 418 g/mol. The minimum atomic E-state index is -0.186. The Morgan fingerprint density at radius 3 is 2.38 bits per heavy atom. The molecule has 0 radical (unpaired) electrons. The van der Waals surface area contributed by atoms with Gasteiger partial charge >= 0.3 is 0 Å². The maximum atomic E-state index is 12.4. The molecule has 0 spiro atoms. The van der Waals surface area contributed by atoms with Gasteiger partial charge in [0.25, 0.3) is 5.91 Å². The van der Waals surface area contributed by atoms with Crippen molar-refractivity contribution in [2.75, 3.05) is 16.4 Å². The van der Waals surface area contributed by atoms with Gasteiger partial charge in [0.1, 0.15) is 12.1 Å². The first kappa shape index (κ1) is 19.7. The smallest absolute Gasteiger partial charge is 0.255 e. The SMILES string of the molecule is Nc1ccc(C(=O)Nc2ccc(Nc3cc(-c4cc5ccccc5s4)ncn3)cc2)cc1. The van der Waals surface area contributed by atoms with Crippen LogP contribution < -0.4 is 16.4 Å². The number of fused-ring (bicyclic) bond motifs is 1. The van der Waals surface area contributed by atoms with Crippen LogP contribution in [0.25, 0.3) is 20.7 Å². The standard InChI is InChI=1S/C25H19N5OS/c26-18-7-5-16(6-8-18)25(31)30-20-11-9-19(10-12-20)29-24-14-21(27-15-28-24)23-13-17-3-1-2-4-22(17)32-23/h1-15H,26H2,(H,30,31)(H,27,28,29). The number of aromatic nitrogens is 2. The molecule has 0 atom stereocenters. The zero-order chi connectivity index (χ0) is 21.9. The van der Waals surface area contributed by atoms with Gasteiger partial charge < -0.3 is 16.4 Å². The second-order valence-corrected chi connectivity index (χ2v) is 8.30. The van der Waals surface area contributed by atoms with Crippen molar-refractivity contribution in [3.8, 4) is 10.6 Å². The summed E-state index contributed by atoms with van der Waals surface area (Å²) in [7, 11) is 0. The zero-order valence-corrected chi connectivity index (χ0v) is 17.8. The van der Waals surface area contributed by atoms with Crippen LogP contribution in [0.4, 0.5) is 22.9 Å². The number of carbonyl (C=O) groups is 1. The molecule has 1 amide bonds. The van der Waals surface area contributed by atoms with Gasteiger partial charge in [-0.05, 0) is 66.0 Å². The van der Waals surface area contributed by atoms with Crippen molar-refractivity contribution < 1.29 is 4.79 Å². The first-order valence-electron chi connectivity index (χ1n) is 9.99. The molecule has 0 saturated heterocycles. The summed E-state index contributed by atoms with van der Waals surface area (Å²) in [6.07, 6.45) is 1.56. The zero-order valence-electron chi connectivity index (χ0n) is 16.9. The van der Waals surface area contributed by atoms with E-state index in [9.17, 15) is 4.79 Å². The molecule has 2 aromatic heterocycles. The summed E-state index contributed by atoms with van der Waals surface area (Å²) in [6, 6.07) is 26.6. The molecule has 0 unspecified atom stereocenters. The van der Waals surface area contributed by atoms with Crippen LogP contribution in [0.1, 0.15) is 10.4 Å². The Labute approximate surface area is 188 Å². The highest BCUT2D eigenvalue weighted by atomic mass is 32.1. The normalized spacial score (nSPS) is 10.8. The number of benzene rings is 3. The summed E-state index contributed by atoms with van der Waals surface area (Å²) in [4.78, 5) is 22.2. The number of nitrogens with one attached hydrogen (secondary N) is 2. The Morgan fingerprint density at radius 2 is 1.59 bits per heavy atom. The second kappa shape index (κ2) is 8.49. The molecule has 7 heteroatoms. The summed E-state index contributed by atoms with van der Waals surface area (Å²) in [6.45, 7) is 0. The third-order valence-electron chi connectivity index (χ3n) is 4.93. The predicted molar refractivity (Wildman–Crippen MR) is 131 cm³/mol. The molecule has 0 bridgehead atoms. The summed E-state index contributed by atoms with van der Waals surface area (Å²) < 4.78 is 1.23. The highest BCUT2D eigenvalue weighted by molar-refractivity contribution is 7.22. The van der Waals surface area contributed by atoms with Gasteiger partial charge in [-0.25, -0.2) is 9.97 Å².